The fourth-order valence-corrected chi connectivity index (χ4v) is 1.45. The first-order valence-electron chi connectivity index (χ1n) is 4.76. The molecule has 1 aliphatic rings. The minimum atomic E-state index is -0.495. The van der Waals surface area contributed by atoms with Crippen LogP contribution in [0, 0.1) is 0 Å². The van der Waals surface area contributed by atoms with Gasteiger partial charge in [-0.2, -0.15) is 0 Å². The summed E-state index contributed by atoms with van der Waals surface area (Å²) in [5.41, 5.74) is 5.65. The van der Waals surface area contributed by atoms with Crippen LogP contribution in [0.15, 0.2) is 0 Å². The average Bonchev–Trinajstić information content (AvgIpc) is 2.95. The van der Waals surface area contributed by atoms with E-state index in [0.717, 1.165) is 6.54 Å². The lowest BCUT2D eigenvalue weighted by atomic mass is 10.3. The van der Waals surface area contributed by atoms with Gasteiger partial charge in [-0.3, -0.25) is 9.69 Å². The van der Waals surface area contributed by atoms with Crippen molar-refractivity contribution in [1.29, 1.82) is 0 Å². The normalized spacial score (nSPS) is 18.8. The van der Waals surface area contributed by atoms with Crippen LogP contribution in [0.25, 0.3) is 0 Å². The predicted octanol–water partition coefficient (Wildman–Crippen LogP) is -0.0290. The van der Waals surface area contributed by atoms with Gasteiger partial charge in [0.05, 0.1) is 7.11 Å². The van der Waals surface area contributed by atoms with Crippen LogP contribution in [0.2, 0.25) is 0 Å². The third-order valence-corrected chi connectivity index (χ3v) is 2.40. The first-order chi connectivity index (χ1) is 6.19. The summed E-state index contributed by atoms with van der Waals surface area (Å²) >= 11 is 0. The maximum absolute atomic E-state index is 11.0. The molecule has 13 heavy (non-hydrogen) atoms. The highest BCUT2D eigenvalue weighted by Crippen LogP contribution is 2.26. The second kappa shape index (κ2) is 4.58. The first kappa shape index (κ1) is 10.5. The number of nitrogens with zero attached hydrogens (tertiary/aromatic N) is 1. The van der Waals surface area contributed by atoms with Crippen molar-refractivity contribution >= 4 is 5.97 Å². The topological polar surface area (TPSA) is 55.6 Å². The van der Waals surface area contributed by atoms with Gasteiger partial charge in [-0.1, -0.05) is 6.92 Å². The van der Waals surface area contributed by atoms with E-state index in [9.17, 15) is 4.79 Å². The van der Waals surface area contributed by atoms with Crippen LogP contribution in [-0.2, 0) is 9.53 Å². The molecule has 0 radical (unpaired) electrons. The van der Waals surface area contributed by atoms with Crippen LogP contribution in [0.3, 0.4) is 0 Å². The Morgan fingerprint density at radius 3 is 2.69 bits per heavy atom. The summed E-state index contributed by atoms with van der Waals surface area (Å²) in [7, 11) is 1.37. The van der Waals surface area contributed by atoms with Crippen molar-refractivity contribution in [2.75, 3.05) is 20.2 Å². The minimum Gasteiger partial charge on any atom is -0.468 e. The molecule has 0 saturated heterocycles. The maximum Gasteiger partial charge on any atom is 0.323 e. The highest BCUT2D eigenvalue weighted by atomic mass is 16.5. The van der Waals surface area contributed by atoms with Crippen LogP contribution in [-0.4, -0.2) is 43.2 Å². The van der Waals surface area contributed by atoms with Crippen molar-refractivity contribution in [3.63, 3.8) is 0 Å². The first-order valence-corrected chi connectivity index (χ1v) is 4.76. The van der Waals surface area contributed by atoms with E-state index in [0.29, 0.717) is 12.6 Å². The van der Waals surface area contributed by atoms with Crippen molar-refractivity contribution < 1.29 is 9.53 Å². The number of nitrogens with two attached hydrogens (primary N) is 1. The van der Waals surface area contributed by atoms with Crippen molar-refractivity contribution in [2.24, 2.45) is 5.73 Å². The Labute approximate surface area is 79.0 Å². The molecule has 0 bridgehead atoms. The van der Waals surface area contributed by atoms with E-state index in [1.807, 2.05) is 0 Å². The summed E-state index contributed by atoms with van der Waals surface area (Å²) in [6.07, 6.45) is 2.48. The van der Waals surface area contributed by atoms with E-state index in [1.165, 1.54) is 20.0 Å². The Kier molecular flexibility index (Phi) is 3.69. The summed E-state index contributed by atoms with van der Waals surface area (Å²) < 4.78 is 4.57. The molecular weight excluding hydrogens is 168 g/mol. The molecule has 4 heteroatoms. The molecule has 1 rings (SSSR count). The summed E-state index contributed by atoms with van der Waals surface area (Å²) in [4.78, 5) is 13.3. The molecule has 0 spiro atoms. The van der Waals surface area contributed by atoms with Crippen LogP contribution >= 0.6 is 0 Å². The number of hydrogen-bond acceptors (Lipinski definition) is 4. The summed E-state index contributed by atoms with van der Waals surface area (Å²) in [6.45, 7) is 3.66. The second-order valence-electron chi connectivity index (χ2n) is 3.45. The van der Waals surface area contributed by atoms with Gasteiger partial charge in [0.25, 0.3) is 0 Å². The fourth-order valence-electron chi connectivity index (χ4n) is 1.45. The van der Waals surface area contributed by atoms with Gasteiger partial charge in [-0.15, -0.1) is 0 Å². The predicted molar refractivity (Wildman–Crippen MR) is 50.3 cm³/mol. The molecule has 0 aromatic rings. The van der Waals surface area contributed by atoms with Gasteiger partial charge >= 0.3 is 5.97 Å². The Morgan fingerprint density at radius 1 is 1.69 bits per heavy atom. The molecule has 0 aliphatic heterocycles. The monoisotopic (exact) mass is 186 g/mol. The van der Waals surface area contributed by atoms with E-state index < -0.39 is 6.04 Å². The van der Waals surface area contributed by atoms with E-state index in [-0.39, 0.29) is 5.97 Å². The molecular formula is C9H18N2O2. The zero-order valence-electron chi connectivity index (χ0n) is 8.32. The molecule has 4 nitrogen and oxygen atoms in total. The van der Waals surface area contributed by atoms with Crippen LogP contribution in [0.4, 0.5) is 0 Å². The van der Waals surface area contributed by atoms with Crippen LogP contribution < -0.4 is 5.73 Å². The Bertz CT molecular complexity index is 180. The number of rotatable bonds is 5. The lowest BCUT2D eigenvalue weighted by molar-refractivity contribution is -0.142. The second-order valence-corrected chi connectivity index (χ2v) is 3.45. The van der Waals surface area contributed by atoms with Gasteiger partial charge in [-0.05, 0) is 19.4 Å². The summed E-state index contributed by atoms with van der Waals surface area (Å²) in [6, 6.07) is 0.159. The average molecular weight is 186 g/mol. The van der Waals surface area contributed by atoms with Crippen molar-refractivity contribution in [1.82, 2.24) is 4.90 Å². The Hall–Kier alpha value is -0.610. The van der Waals surface area contributed by atoms with Gasteiger partial charge < -0.3 is 10.5 Å². The van der Waals surface area contributed by atoms with E-state index in [4.69, 9.17) is 5.73 Å². The van der Waals surface area contributed by atoms with Gasteiger partial charge in [-0.25, -0.2) is 0 Å². The largest absolute Gasteiger partial charge is 0.468 e. The molecule has 0 aromatic carbocycles. The standard InChI is InChI=1S/C9H18N2O2/c1-3-11(7-4-5-7)6-8(10)9(12)13-2/h7-8H,3-6,10H2,1-2H3. The third kappa shape index (κ3) is 2.97. The molecule has 0 heterocycles. The van der Waals surface area contributed by atoms with Crippen LogP contribution in [0.1, 0.15) is 19.8 Å². The van der Waals surface area contributed by atoms with Crippen LogP contribution in [0.5, 0.6) is 0 Å². The smallest absolute Gasteiger partial charge is 0.323 e. The van der Waals surface area contributed by atoms with E-state index in [1.54, 1.807) is 0 Å². The molecule has 1 atom stereocenters. The molecule has 76 valence electrons. The lowest BCUT2D eigenvalue weighted by Crippen LogP contribution is -2.44. The van der Waals surface area contributed by atoms with Gasteiger partial charge in [0.15, 0.2) is 0 Å². The molecule has 1 fully saturated rings. The number of hydrogen-bond donors (Lipinski definition) is 1. The molecule has 2 N–H and O–H groups in total. The van der Waals surface area contributed by atoms with Crippen molar-refractivity contribution in [3.05, 3.63) is 0 Å². The van der Waals surface area contributed by atoms with Gasteiger partial charge in [0, 0.05) is 12.6 Å². The fraction of sp³-hybridized carbons (Fsp3) is 0.889. The molecule has 0 aromatic heterocycles. The van der Waals surface area contributed by atoms with E-state index in [2.05, 4.69) is 16.6 Å². The van der Waals surface area contributed by atoms with E-state index >= 15 is 0 Å². The lowest BCUT2D eigenvalue weighted by Gasteiger charge is -2.22. The minimum absolute atomic E-state index is 0.320. The number of ether oxygens (including phenoxy) is 1. The quantitative estimate of drug-likeness (QED) is 0.613. The zero-order chi connectivity index (χ0) is 9.84. The number of esters is 1. The summed E-state index contributed by atoms with van der Waals surface area (Å²) in [5.74, 6) is -0.320. The number of likely N-dealkylation sites (N-methyl/N-ethyl adjacent to an activating group) is 1. The number of carbonyl (C=O) groups excluding carboxylic acids is 1. The maximum atomic E-state index is 11.0. The SMILES string of the molecule is CCN(CC(N)C(=O)OC)C1CC1. The Morgan fingerprint density at radius 2 is 2.31 bits per heavy atom. The van der Waals surface area contributed by atoms with Crippen molar-refractivity contribution in [2.45, 2.75) is 31.8 Å². The molecule has 1 unspecified atom stereocenters. The Balaban J connectivity index is 2.31. The molecule has 1 aliphatic carbocycles. The summed E-state index contributed by atoms with van der Waals surface area (Å²) in [5, 5.41) is 0. The van der Waals surface area contributed by atoms with Gasteiger partial charge in [0.1, 0.15) is 6.04 Å². The zero-order valence-corrected chi connectivity index (χ0v) is 8.32. The molecule has 0 amide bonds. The van der Waals surface area contributed by atoms with Gasteiger partial charge in [0.2, 0.25) is 0 Å². The number of methoxy groups -OCH3 is 1. The highest BCUT2D eigenvalue weighted by molar-refractivity contribution is 5.75. The molecule has 1 saturated carbocycles. The van der Waals surface area contributed by atoms with Crippen molar-refractivity contribution in [3.8, 4) is 0 Å². The third-order valence-electron chi connectivity index (χ3n) is 2.40. The highest BCUT2D eigenvalue weighted by Gasteiger charge is 2.30. The number of carbonyl (C=O) groups is 1.